The van der Waals surface area contributed by atoms with Gasteiger partial charge >= 0.3 is 5.97 Å². The Kier molecular flexibility index (Phi) is 4.77. The molecule has 2 heterocycles. The van der Waals surface area contributed by atoms with Gasteiger partial charge in [0, 0.05) is 29.3 Å². The molecule has 2 aliphatic rings. The van der Waals surface area contributed by atoms with E-state index in [1.54, 1.807) is 32.0 Å². The molecule has 8 nitrogen and oxygen atoms in total. The number of benzene rings is 2. The summed E-state index contributed by atoms with van der Waals surface area (Å²) in [6, 6.07) is 12.1. The van der Waals surface area contributed by atoms with E-state index in [0.29, 0.717) is 22.5 Å². The Morgan fingerprint density at radius 2 is 1.83 bits per heavy atom. The van der Waals surface area contributed by atoms with Crippen LogP contribution in [0.1, 0.15) is 30.9 Å². The normalized spacial score (nSPS) is 21.5. The molecule has 2 aliphatic heterocycles. The van der Waals surface area contributed by atoms with Crippen LogP contribution >= 0.6 is 0 Å². The van der Waals surface area contributed by atoms with Crippen molar-refractivity contribution in [2.45, 2.75) is 24.7 Å². The molecule has 4 rings (SSSR count). The predicted molar refractivity (Wildman–Crippen MR) is 110 cm³/mol. The minimum atomic E-state index is -3.90. The standard InChI is InChI=1S/C21H18N2O6S/c1-3-29-21(24)17-12(2)22-19-15-6-4-5-7-16(15)30(27,28)20(19)18(17)13-8-10-14(11-9-13)23(25)26/h4-11,17-18H,3H2,1-2H3/t17?,18-/m0/s1. The Bertz CT molecular complexity index is 1230. The first-order valence-electron chi connectivity index (χ1n) is 9.32. The van der Waals surface area contributed by atoms with Crippen LogP contribution in [-0.4, -0.2) is 31.6 Å². The highest BCUT2D eigenvalue weighted by atomic mass is 32.2. The van der Waals surface area contributed by atoms with Crippen molar-refractivity contribution in [3.63, 3.8) is 0 Å². The third-order valence-electron chi connectivity index (χ3n) is 5.31. The first-order chi connectivity index (χ1) is 14.3. The van der Waals surface area contributed by atoms with Crippen molar-refractivity contribution in [3.8, 4) is 0 Å². The first-order valence-corrected chi connectivity index (χ1v) is 10.8. The van der Waals surface area contributed by atoms with Crippen LogP contribution in [0.3, 0.4) is 0 Å². The number of nitrogens with zero attached hydrogens (tertiary/aromatic N) is 2. The van der Waals surface area contributed by atoms with Gasteiger partial charge in [0.25, 0.3) is 5.69 Å². The molecule has 30 heavy (non-hydrogen) atoms. The van der Waals surface area contributed by atoms with E-state index < -0.39 is 32.6 Å². The number of carbonyl (C=O) groups excluding carboxylic acids is 1. The van der Waals surface area contributed by atoms with Crippen molar-refractivity contribution in [1.29, 1.82) is 0 Å². The van der Waals surface area contributed by atoms with Gasteiger partial charge in [-0.1, -0.05) is 30.3 Å². The summed E-state index contributed by atoms with van der Waals surface area (Å²) in [6.45, 7) is 3.47. The number of sulfone groups is 1. The van der Waals surface area contributed by atoms with E-state index in [0.717, 1.165) is 0 Å². The van der Waals surface area contributed by atoms with Gasteiger partial charge in [-0.2, -0.15) is 0 Å². The zero-order valence-electron chi connectivity index (χ0n) is 16.2. The molecule has 0 aromatic heterocycles. The number of allylic oxidation sites excluding steroid dienone is 1. The van der Waals surface area contributed by atoms with Gasteiger partial charge in [-0.25, -0.2) is 8.42 Å². The molecular formula is C21H18N2O6S. The molecule has 0 amide bonds. The van der Waals surface area contributed by atoms with Crippen LogP contribution < -0.4 is 0 Å². The SMILES string of the molecule is CCOC(=O)C1C(C)=NC2=C([C@H]1c1ccc([N+](=O)[O-])cc1)S(=O)(=O)c1ccccc12. The summed E-state index contributed by atoms with van der Waals surface area (Å²) in [4.78, 5) is 28.0. The lowest BCUT2D eigenvalue weighted by Gasteiger charge is -2.30. The van der Waals surface area contributed by atoms with E-state index in [2.05, 4.69) is 4.99 Å². The zero-order chi connectivity index (χ0) is 21.6. The van der Waals surface area contributed by atoms with Crippen molar-refractivity contribution in [2.24, 2.45) is 10.9 Å². The van der Waals surface area contributed by atoms with Crippen LogP contribution in [0.15, 0.2) is 63.3 Å². The molecule has 2 aromatic carbocycles. The maximum Gasteiger partial charge on any atom is 0.315 e. The second kappa shape index (κ2) is 7.17. The number of ether oxygens (including phenoxy) is 1. The largest absolute Gasteiger partial charge is 0.465 e. The van der Waals surface area contributed by atoms with E-state index in [-0.39, 0.29) is 22.1 Å². The topological polar surface area (TPSA) is 116 Å². The maximum atomic E-state index is 13.4. The van der Waals surface area contributed by atoms with E-state index in [4.69, 9.17) is 4.74 Å². The number of hydrogen-bond acceptors (Lipinski definition) is 7. The fourth-order valence-electron chi connectivity index (χ4n) is 4.03. The minimum Gasteiger partial charge on any atom is -0.465 e. The number of nitro groups is 1. The fourth-order valence-corrected chi connectivity index (χ4v) is 5.99. The van der Waals surface area contributed by atoms with Crippen molar-refractivity contribution in [3.05, 3.63) is 74.7 Å². The number of hydrogen-bond donors (Lipinski definition) is 0. The van der Waals surface area contributed by atoms with Gasteiger partial charge in [0.1, 0.15) is 5.92 Å². The molecule has 0 N–H and O–H groups in total. The number of aliphatic imine (C=N–C) groups is 1. The van der Waals surface area contributed by atoms with Gasteiger partial charge in [-0.3, -0.25) is 19.9 Å². The molecule has 0 spiro atoms. The van der Waals surface area contributed by atoms with E-state index >= 15 is 0 Å². The van der Waals surface area contributed by atoms with Gasteiger partial charge in [-0.05, 0) is 25.5 Å². The van der Waals surface area contributed by atoms with Crippen LogP contribution in [0.4, 0.5) is 5.69 Å². The number of non-ortho nitro benzene ring substituents is 1. The third kappa shape index (κ3) is 2.93. The van der Waals surface area contributed by atoms with Gasteiger partial charge < -0.3 is 4.74 Å². The first kappa shape index (κ1) is 20.0. The quantitative estimate of drug-likeness (QED) is 0.420. The summed E-state index contributed by atoms with van der Waals surface area (Å²) in [5.74, 6) is -2.43. The van der Waals surface area contributed by atoms with Crippen LogP contribution in [0.5, 0.6) is 0 Å². The monoisotopic (exact) mass is 426 g/mol. The van der Waals surface area contributed by atoms with E-state index in [1.165, 1.54) is 30.3 Å². The molecule has 1 unspecified atom stereocenters. The lowest BCUT2D eigenvalue weighted by atomic mass is 9.80. The Morgan fingerprint density at radius 3 is 2.47 bits per heavy atom. The summed E-state index contributed by atoms with van der Waals surface area (Å²) >= 11 is 0. The summed E-state index contributed by atoms with van der Waals surface area (Å²) < 4.78 is 32.1. The predicted octanol–water partition coefficient (Wildman–Crippen LogP) is 3.49. The Labute approximate surface area is 173 Å². The lowest BCUT2D eigenvalue weighted by molar-refractivity contribution is -0.384. The molecule has 0 saturated carbocycles. The van der Waals surface area contributed by atoms with Gasteiger partial charge in [0.05, 0.1) is 27.0 Å². The molecule has 0 saturated heterocycles. The highest BCUT2D eigenvalue weighted by molar-refractivity contribution is 7.96. The Balaban J connectivity index is 1.96. The molecular weight excluding hydrogens is 408 g/mol. The average molecular weight is 426 g/mol. The molecule has 9 heteroatoms. The summed E-state index contributed by atoms with van der Waals surface area (Å²) in [7, 11) is -3.90. The van der Waals surface area contributed by atoms with Crippen molar-refractivity contribution < 1.29 is 22.9 Å². The van der Waals surface area contributed by atoms with E-state index in [1.807, 2.05) is 0 Å². The number of carbonyl (C=O) groups is 1. The highest BCUT2D eigenvalue weighted by Crippen LogP contribution is 2.51. The Hall–Kier alpha value is -3.33. The third-order valence-corrected chi connectivity index (χ3v) is 7.27. The maximum absolute atomic E-state index is 13.4. The summed E-state index contributed by atoms with van der Waals surface area (Å²) in [6.07, 6.45) is 0. The second-order valence-corrected chi connectivity index (χ2v) is 8.91. The summed E-state index contributed by atoms with van der Waals surface area (Å²) in [5.41, 5.74) is 1.58. The zero-order valence-corrected chi connectivity index (χ0v) is 17.0. The van der Waals surface area contributed by atoms with Crippen LogP contribution in [-0.2, 0) is 19.4 Å². The molecule has 154 valence electrons. The molecule has 2 atom stereocenters. The smallest absolute Gasteiger partial charge is 0.315 e. The van der Waals surface area contributed by atoms with Gasteiger partial charge in [0.15, 0.2) is 0 Å². The molecule has 0 radical (unpaired) electrons. The number of esters is 1. The van der Waals surface area contributed by atoms with Gasteiger partial charge in [-0.15, -0.1) is 0 Å². The van der Waals surface area contributed by atoms with Crippen molar-refractivity contribution >= 4 is 32.9 Å². The van der Waals surface area contributed by atoms with Crippen LogP contribution in [0.25, 0.3) is 5.70 Å². The second-order valence-electron chi connectivity index (χ2n) is 7.02. The molecule has 0 aliphatic carbocycles. The van der Waals surface area contributed by atoms with Gasteiger partial charge in [0.2, 0.25) is 9.84 Å². The lowest BCUT2D eigenvalue weighted by Crippen LogP contribution is -2.35. The van der Waals surface area contributed by atoms with Crippen LogP contribution in [0, 0.1) is 16.0 Å². The molecule has 2 aromatic rings. The number of rotatable bonds is 4. The van der Waals surface area contributed by atoms with Crippen molar-refractivity contribution in [1.82, 2.24) is 0 Å². The minimum absolute atomic E-state index is 0.0289. The number of fused-ring (bicyclic) bond motifs is 2. The van der Waals surface area contributed by atoms with Crippen molar-refractivity contribution in [2.75, 3.05) is 6.61 Å². The highest BCUT2D eigenvalue weighted by Gasteiger charge is 2.49. The molecule has 0 bridgehead atoms. The molecule has 0 fully saturated rings. The Morgan fingerprint density at radius 1 is 1.17 bits per heavy atom. The van der Waals surface area contributed by atoms with E-state index in [9.17, 15) is 23.3 Å². The fraction of sp³-hybridized carbons (Fsp3) is 0.238. The van der Waals surface area contributed by atoms with Crippen LogP contribution in [0.2, 0.25) is 0 Å². The average Bonchev–Trinajstić information content (AvgIpc) is 2.94. The number of nitro benzene ring substituents is 1. The summed E-state index contributed by atoms with van der Waals surface area (Å²) in [5, 5.41) is 11.0.